The van der Waals surface area contributed by atoms with E-state index in [9.17, 15) is 8.42 Å². The number of rotatable bonds is 5. The van der Waals surface area contributed by atoms with Crippen LogP contribution >= 0.6 is 0 Å². The molecule has 1 aliphatic carbocycles. The molecule has 1 N–H and O–H groups in total. The summed E-state index contributed by atoms with van der Waals surface area (Å²) in [5.74, 6) is 0.524. The molecule has 0 saturated heterocycles. The number of benzene rings is 2. The second-order valence-electron chi connectivity index (χ2n) is 6.25. The largest absolute Gasteiger partial charge is 0.419 e. The van der Waals surface area contributed by atoms with Crippen molar-refractivity contribution in [2.24, 2.45) is 0 Å². The smallest absolute Gasteiger partial charge is 0.234 e. The predicted octanol–water partition coefficient (Wildman–Crippen LogP) is 4.06. The van der Waals surface area contributed by atoms with Gasteiger partial charge in [-0.15, -0.1) is 0 Å². The molecule has 1 heterocycles. The van der Waals surface area contributed by atoms with Crippen molar-refractivity contribution < 1.29 is 12.8 Å². The lowest BCUT2D eigenvalue weighted by Gasteiger charge is -2.05. The van der Waals surface area contributed by atoms with Crippen LogP contribution in [0.4, 0.5) is 5.88 Å². The lowest BCUT2D eigenvalue weighted by molar-refractivity contribution is 0.576. The van der Waals surface area contributed by atoms with E-state index in [1.165, 1.54) is 0 Å². The minimum Gasteiger partial charge on any atom is -0.419 e. The molecule has 1 aliphatic rings. The van der Waals surface area contributed by atoms with Gasteiger partial charge in [-0.2, -0.15) is 4.98 Å². The summed E-state index contributed by atoms with van der Waals surface area (Å²) < 4.78 is 31.9. The van der Waals surface area contributed by atoms with Gasteiger partial charge in [-0.25, -0.2) is 8.42 Å². The molecule has 1 aromatic heterocycles. The minimum atomic E-state index is -3.76. The molecule has 3 aromatic rings. The van der Waals surface area contributed by atoms with E-state index in [0.717, 1.165) is 24.0 Å². The van der Waals surface area contributed by atoms with Crippen LogP contribution in [0.1, 0.15) is 18.4 Å². The van der Waals surface area contributed by atoms with Gasteiger partial charge >= 0.3 is 0 Å². The Balaban J connectivity index is 1.81. The zero-order valence-electron chi connectivity index (χ0n) is 13.8. The van der Waals surface area contributed by atoms with Crippen molar-refractivity contribution in [2.45, 2.75) is 35.7 Å². The summed E-state index contributed by atoms with van der Waals surface area (Å²) >= 11 is 0. The maximum Gasteiger partial charge on any atom is 0.234 e. The number of hydrogen-bond acceptors (Lipinski definition) is 5. The van der Waals surface area contributed by atoms with Gasteiger partial charge in [0, 0.05) is 11.6 Å². The average Bonchev–Trinajstić information content (AvgIpc) is 3.32. The molecule has 5 nitrogen and oxygen atoms in total. The Morgan fingerprint density at radius 3 is 2.36 bits per heavy atom. The third-order valence-corrected chi connectivity index (χ3v) is 5.79. The van der Waals surface area contributed by atoms with Gasteiger partial charge in [-0.05, 0) is 44.0 Å². The number of nitrogens with zero attached hydrogens (tertiary/aromatic N) is 1. The van der Waals surface area contributed by atoms with Crippen LogP contribution in [0.5, 0.6) is 0 Å². The van der Waals surface area contributed by atoms with E-state index in [1.807, 2.05) is 37.3 Å². The predicted molar refractivity (Wildman–Crippen MR) is 95.2 cm³/mol. The average molecular weight is 354 g/mol. The zero-order chi connectivity index (χ0) is 17.4. The summed E-state index contributed by atoms with van der Waals surface area (Å²) in [6.45, 7) is 1.92. The number of nitrogens with one attached hydrogen (secondary N) is 1. The lowest BCUT2D eigenvalue weighted by Crippen LogP contribution is -2.08. The number of aryl methyl sites for hydroxylation is 1. The number of aromatic nitrogens is 1. The fourth-order valence-corrected chi connectivity index (χ4v) is 3.79. The van der Waals surface area contributed by atoms with Crippen LogP contribution in [-0.2, 0) is 9.84 Å². The van der Waals surface area contributed by atoms with Gasteiger partial charge < -0.3 is 9.73 Å². The quantitative estimate of drug-likeness (QED) is 0.748. The Hall–Kier alpha value is -2.60. The molecule has 0 unspecified atom stereocenters. The second-order valence-corrected chi connectivity index (χ2v) is 8.12. The maximum atomic E-state index is 13.0. The lowest BCUT2D eigenvalue weighted by atomic mass is 10.2. The summed E-state index contributed by atoms with van der Waals surface area (Å²) in [6, 6.07) is 16.3. The molecule has 0 aliphatic heterocycles. The van der Waals surface area contributed by atoms with E-state index in [1.54, 1.807) is 24.3 Å². The first kappa shape index (κ1) is 15.9. The van der Waals surface area contributed by atoms with Crippen molar-refractivity contribution in [3.63, 3.8) is 0 Å². The molecule has 0 atom stereocenters. The summed E-state index contributed by atoms with van der Waals surface area (Å²) in [6.07, 6.45) is 2.01. The molecular formula is C19H18N2O3S. The van der Waals surface area contributed by atoms with E-state index < -0.39 is 9.84 Å². The van der Waals surface area contributed by atoms with Crippen LogP contribution in [0, 0.1) is 6.92 Å². The zero-order valence-corrected chi connectivity index (χ0v) is 14.6. The Morgan fingerprint density at radius 2 is 1.72 bits per heavy atom. The van der Waals surface area contributed by atoms with Crippen molar-refractivity contribution in [3.05, 3.63) is 60.2 Å². The molecule has 128 valence electrons. The fourth-order valence-electron chi connectivity index (χ4n) is 2.53. The molecule has 0 radical (unpaired) electrons. The van der Waals surface area contributed by atoms with Crippen molar-refractivity contribution in [1.29, 1.82) is 0 Å². The van der Waals surface area contributed by atoms with E-state index in [-0.39, 0.29) is 21.8 Å². The number of oxazole rings is 1. The van der Waals surface area contributed by atoms with Crippen LogP contribution in [0.15, 0.2) is 68.9 Å². The second kappa shape index (κ2) is 6.04. The Labute approximate surface area is 146 Å². The first-order chi connectivity index (χ1) is 12.0. The molecule has 6 heteroatoms. The van der Waals surface area contributed by atoms with Gasteiger partial charge in [-0.3, -0.25) is 0 Å². The summed E-state index contributed by atoms with van der Waals surface area (Å²) in [5, 5.41) is 3.10. The van der Waals surface area contributed by atoms with Gasteiger partial charge in [-0.1, -0.05) is 35.9 Å². The summed E-state index contributed by atoms with van der Waals surface area (Å²) in [7, 11) is -3.76. The van der Waals surface area contributed by atoms with Crippen LogP contribution in [0.3, 0.4) is 0 Å². The highest BCUT2D eigenvalue weighted by molar-refractivity contribution is 7.91. The van der Waals surface area contributed by atoms with Crippen molar-refractivity contribution in [3.8, 4) is 11.5 Å². The highest BCUT2D eigenvalue weighted by Gasteiger charge is 2.32. The minimum absolute atomic E-state index is 0.0536. The van der Waals surface area contributed by atoms with Crippen LogP contribution in [0.25, 0.3) is 11.5 Å². The molecule has 1 fully saturated rings. The number of sulfone groups is 1. The van der Waals surface area contributed by atoms with Crippen molar-refractivity contribution in [1.82, 2.24) is 4.98 Å². The molecule has 1 saturated carbocycles. The Bertz CT molecular complexity index is 989. The number of hydrogen-bond donors (Lipinski definition) is 1. The molecule has 2 aromatic carbocycles. The fraction of sp³-hybridized carbons (Fsp3) is 0.211. The van der Waals surface area contributed by atoms with Gasteiger partial charge in [0.2, 0.25) is 26.6 Å². The highest BCUT2D eigenvalue weighted by Crippen LogP contribution is 2.35. The molecular weight excluding hydrogens is 336 g/mol. The van der Waals surface area contributed by atoms with Crippen LogP contribution in [0.2, 0.25) is 0 Å². The van der Waals surface area contributed by atoms with E-state index in [2.05, 4.69) is 10.3 Å². The summed E-state index contributed by atoms with van der Waals surface area (Å²) in [4.78, 5) is 4.53. The van der Waals surface area contributed by atoms with Gasteiger partial charge in [0.15, 0.2) is 0 Å². The highest BCUT2D eigenvalue weighted by atomic mass is 32.2. The third kappa shape index (κ3) is 3.17. The molecule has 0 amide bonds. The Morgan fingerprint density at radius 1 is 1.04 bits per heavy atom. The van der Waals surface area contributed by atoms with Crippen molar-refractivity contribution >= 4 is 15.7 Å². The molecule has 0 spiro atoms. The van der Waals surface area contributed by atoms with Gasteiger partial charge in [0.25, 0.3) is 0 Å². The first-order valence-corrected chi connectivity index (χ1v) is 9.67. The first-order valence-electron chi connectivity index (χ1n) is 8.18. The van der Waals surface area contributed by atoms with E-state index >= 15 is 0 Å². The third-order valence-electron chi connectivity index (χ3n) is 4.12. The monoisotopic (exact) mass is 354 g/mol. The molecule has 25 heavy (non-hydrogen) atoms. The van der Waals surface area contributed by atoms with Crippen LogP contribution in [-0.4, -0.2) is 19.4 Å². The van der Waals surface area contributed by atoms with E-state index in [0.29, 0.717) is 5.89 Å². The van der Waals surface area contributed by atoms with Gasteiger partial charge in [0.1, 0.15) is 0 Å². The Kier molecular flexibility index (Phi) is 3.84. The molecule has 0 bridgehead atoms. The topological polar surface area (TPSA) is 72.2 Å². The molecule has 4 rings (SSSR count). The van der Waals surface area contributed by atoms with Gasteiger partial charge in [0.05, 0.1) is 4.90 Å². The number of anilines is 1. The van der Waals surface area contributed by atoms with Crippen LogP contribution < -0.4 is 5.32 Å². The summed E-state index contributed by atoms with van der Waals surface area (Å²) in [5.41, 5.74) is 1.74. The maximum absolute atomic E-state index is 13.0. The standard InChI is InChI=1S/C19H18N2O3S/c1-13-7-11-16(12-8-13)25(22,23)19-18(20-15-9-10-15)24-17(21-19)14-5-3-2-4-6-14/h2-8,11-12,15,20H,9-10H2,1H3. The van der Waals surface area contributed by atoms with Crippen molar-refractivity contribution in [2.75, 3.05) is 5.32 Å². The SMILES string of the molecule is Cc1ccc(S(=O)(=O)c2nc(-c3ccccc3)oc2NC2CC2)cc1. The normalized spacial score (nSPS) is 14.4. The van der Waals surface area contributed by atoms with E-state index in [4.69, 9.17) is 4.42 Å².